The molecular formula is C12H18ClNO2. The van der Waals surface area contributed by atoms with Crippen molar-refractivity contribution in [3.63, 3.8) is 0 Å². The highest BCUT2D eigenvalue weighted by molar-refractivity contribution is 6.30. The van der Waals surface area contributed by atoms with Gasteiger partial charge in [0.1, 0.15) is 5.75 Å². The van der Waals surface area contributed by atoms with Gasteiger partial charge in [-0.2, -0.15) is 0 Å². The van der Waals surface area contributed by atoms with Gasteiger partial charge >= 0.3 is 0 Å². The summed E-state index contributed by atoms with van der Waals surface area (Å²) in [5, 5.41) is 10.4. The van der Waals surface area contributed by atoms with Crippen molar-refractivity contribution >= 4 is 17.3 Å². The molecule has 0 aromatic heterocycles. The molecule has 0 spiro atoms. The second-order valence-electron chi connectivity index (χ2n) is 4.48. The van der Waals surface area contributed by atoms with Crippen LogP contribution in [0.25, 0.3) is 0 Å². The number of hydrogen-bond acceptors (Lipinski definition) is 3. The van der Waals surface area contributed by atoms with Crippen LogP contribution in [0.15, 0.2) is 18.2 Å². The van der Waals surface area contributed by atoms with Crippen molar-refractivity contribution in [2.24, 2.45) is 0 Å². The number of anilines is 1. The van der Waals surface area contributed by atoms with Gasteiger partial charge in [-0.15, -0.1) is 0 Å². The zero-order chi connectivity index (χ0) is 12.3. The number of methoxy groups -OCH3 is 1. The Bertz CT molecular complexity index is 361. The van der Waals surface area contributed by atoms with Crippen LogP contribution in [0.1, 0.15) is 13.8 Å². The lowest BCUT2D eigenvalue weighted by Crippen LogP contribution is -2.36. The Labute approximate surface area is 102 Å². The summed E-state index contributed by atoms with van der Waals surface area (Å²) in [6, 6.07) is 5.42. The van der Waals surface area contributed by atoms with Crippen molar-refractivity contribution in [2.75, 3.05) is 25.6 Å². The van der Waals surface area contributed by atoms with Crippen LogP contribution >= 0.6 is 11.6 Å². The van der Waals surface area contributed by atoms with Crippen LogP contribution in [0.3, 0.4) is 0 Å². The van der Waals surface area contributed by atoms with Gasteiger partial charge in [-0.25, -0.2) is 0 Å². The zero-order valence-electron chi connectivity index (χ0n) is 10.1. The molecule has 0 aliphatic carbocycles. The monoisotopic (exact) mass is 243 g/mol. The molecular weight excluding hydrogens is 226 g/mol. The molecule has 1 aromatic carbocycles. The number of likely N-dealkylation sites (N-methyl/N-ethyl adjacent to an activating group) is 1. The summed E-state index contributed by atoms with van der Waals surface area (Å²) in [5.41, 5.74) is 0.111. The zero-order valence-corrected chi connectivity index (χ0v) is 10.9. The Balaban J connectivity index is 2.97. The molecule has 16 heavy (non-hydrogen) atoms. The maximum atomic E-state index is 9.77. The van der Waals surface area contributed by atoms with Gasteiger partial charge in [0.25, 0.3) is 0 Å². The molecule has 0 unspecified atom stereocenters. The highest BCUT2D eigenvalue weighted by atomic mass is 35.5. The van der Waals surface area contributed by atoms with Crippen molar-refractivity contribution in [1.82, 2.24) is 0 Å². The van der Waals surface area contributed by atoms with Crippen LogP contribution in [-0.4, -0.2) is 31.4 Å². The van der Waals surface area contributed by atoms with Crippen molar-refractivity contribution in [3.8, 4) is 5.75 Å². The standard InChI is InChI=1S/C12H18ClNO2/c1-12(2,15)8-14(3)10-7-9(13)5-6-11(10)16-4/h5-7,15H,8H2,1-4H3. The number of nitrogens with zero attached hydrogens (tertiary/aromatic N) is 1. The molecule has 1 rings (SSSR count). The summed E-state index contributed by atoms with van der Waals surface area (Å²) in [6.07, 6.45) is 0. The van der Waals surface area contributed by atoms with Gasteiger partial charge in [-0.05, 0) is 32.0 Å². The Morgan fingerprint density at radius 3 is 2.56 bits per heavy atom. The average molecular weight is 244 g/mol. The molecule has 1 aromatic rings. The second kappa shape index (κ2) is 4.93. The number of halogens is 1. The lowest BCUT2D eigenvalue weighted by molar-refractivity contribution is 0.0885. The van der Waals surface area contributed by atoms with Gasteiger partial charge in [-0.3, -0.25) is 0 Å². The van der Waals surface area contributed by atoms with E-state index in [-0.39, 0.29) is 0 Å². The lowest BCUT2D eigenvalue weighted by Gasteiger charge is -2.28. The predicted octanol–water partition coefficient (Wildman–Crippen LogP) is 2.56. The molecule has 90 valence electrons. The number of benzene rings is 1. The van der Waals surface area contributed by atoms with Crippen LogP contribution in [0.4, 0.5) is 5.69 Å². The highest BCUT2D eigenvalue weighted by Gasteiger charge is 2.18. The average Bonchev–Trinajstić information content (AvgIpc) is 2.15. The molecule has 0 atom stereocenters. The highest BCUT2D eigenvalue weighted by Crippen LogP contribution is 2.31. The third-order valence-electron chi connectivity index (χ3n) is 2.18. The summed E-state index contributed by atoms with van der Waals surface area (Å²) in [7, 11) is 3.51. The first-order chi connectivity index (χ1) is 7.33. The molecule has 1 N–H and O–H groups in total. The summed E-state index contributed by atoms with van der Waals surface area (Å²) in [4.78, 5) is 1.92. The van der Waals surface area contributed by atoms with Crippen molar-refractivity contribution in [3.05, 3.63) is 23.2 Å². The molecule has 0 aliphatic rings. The fraction of sp³-hybridized carbons (Fsp3) is 0.500. The normalized spacial score (nSPS) is 11.4. The largest absolute Gasteiger partial charge is 0.495 e. The number of rotatable bonds is 4. The lowest BCUT2D eigenvalue weighted by atomic mass is 10.1. The topological polar surface area (TPSA) is 32.7 Å². The molecule has 3 nitrogen and oxygen atoms in total. The van der Waals surface area contributed by atoms with E-state index in [2.05, 4.69) is 0 Å². The number of aliphatic hydroxyl groups is 1. The molecule has 4 heteroatoms. The molecule has 0 radical (unpaired) electrons. The van der Waals surface area contributed by atoms with E-state index in [0.717, 1.165) is 11.4 Å². The van der Waals surface area contributed by atoms with E-state index in [0.29, 0.717) is 11.6 Å². The summed E-state index contributed by atoms with van der Waals surface area (Å²) in [6.45, 7) is 4.03. The minimum Gasteiger partial charge on any atom is -0.495 e. The van der Waals surface area contributed by atoms with E-state index in [1.807, 2.05) is 24.1 Å². The molecule has 0 amide bonds. The minimum absolute atomic E-state index is 0.504. The molecule has 0 bridgehead atoms. The molecule has 0 saturated carbocycles. The molecule has 0 fully saturated rings. The van der Waals surface area contributed by atoms with Gasteiger partial charge < -0.3 is 14.7 Å². The maximum Gasteiger partial charge on any atom is 0.142 e. The summed E-state index contributed by atoms with van der Waals surface area (Å²) < 4.78 is 5.25. The first-order valence-corrected chi connectivity index (χ1v) is 5.48. The van der Waals surface area contributed by atoms with Crippen LogP contribution < -0.4 is 9.64 Å². The third-order valence-corrected chi connectivity index (χ3v) is 2.41. The van der Waals surface area contributed by atoms with Gasteiger partial charge in [0.2, 0.25) is 0 Å². The predicted molar refractivity (Wildman–Crippen MR) is 67.6 cm³/mol. The van der Waals surface area contributed by atoms with E-state index in [4.69, 9.17) is 16.3 Å². The molecule has 0 aliphatic heterocycles. The third kappa shape index (κ3) is 3.58. The van der Waals surface area contributed by atoms with Crippen molar-refractivity contribution in [2.45, 2.75) is 19.4 Å². The second-order valence-corrected chi connectivity index (χ2v) is 4.92. The Kier molecular flexibility index (Phi) is 4.05. The van der Waals surface area contributed by atoms with Crippen LogP contribution in [0.5, 0.6) is 5.75 Å². The molecule has 0 saturated heterocycles. The Morgan fingerprint density at radius 1 is 1.44 bits per heavy atom. The van der Waals surface area contributed by atoms with Crippen LogP contribution in [0.2, 0.25) is 5.02 Å². The van der Waals surface area contributed by atoms with Crippen molar-refractivity contribution < 1.29 is 9.84 Å². The summed E-state index contributed by atoms with van der Waals surface area (Å²) >= 11 is 5.94. The van der Waals surface area contributed by atoms with E-state index >= 15 is 0 Å². The van der Waals surface area contributed by atoms with Crippen LogP contribution in [0, 0.1) is 0 Å². The van der Waals surface area contributed by atoms with Crippen LogP contribution in [-0.2, 0) is 0 Å². The fourth-order valence-electron chi connectivity index (χ4n) is 1.63. The maximum absolute atomic E-state index is 9.77. The minimum atomic E-state index is -0.762. The Morgan fingerprint density at radius 2 is 2.06 bits per heavy atom. The number of ether oxygens (including phenoxy) is 1. The van der Waals surface area contributed by atoms with Crippen molar-refractivity contribution in [1.29, 1.82) is 0 Å². The molecule has 0 heterocycles. The van der Waals surface area contributed by atoms with E-state index < -0.39 is 5.60 Å². The fourth-order valence-corrected chi connectivity index (χ4v) is 1.79. The quantitative estimate of drug-likeness (QED) is 0.882. The first kappa shape index (κ1) is 13.1. The first-order valence-electron chi connectivity index (χ1n) is 5.10. The van der Waals surface area contributed by atoms with Gasteiger partial charge in [0, 0.05) is 18.6 Å². The van der Waals surface area contributed by atoms with Gasteiger partial charge in [0.05, 0.1) is 18.4 Å². The number of hydrogen-bond donors (Lipinski definition) is 1. The smallest absolute Gasteiger partial charge is 0.142 e. The van der Waals surface area contributed by atoms with E-state index in [1.165, 1.54) is 0 Å². The Hall–Kier alpha value is -0.930. The van der Waals surface area contributed by atoms with Gasteiger partial charge in [-0.1, -0.05) is 11.6 Å². The van der Waals surface area contributed by atoms with Gasteiger partial charge in [0.15, 0.2) is 0 Å². The SMILES string of the molecule is COc1ccc(Cl)cc1N(C)CC(C)(C)O. The van der Waals surface area contributed by atoms with E-state index in [9.17, 15) is 5.11 Å². The summed E-state index contributed by atoms with van der Waals surface area (Å²) in [5.74, 6) is 0.746. The van der Waals surface area contributed by atoms with E-state index in [1.54, 1.807) is 27.0 Å².